The van der Waals surface area contributed by atoms with Crippen molar-refractivity contribution in [3.05, 3.63) is 58.2 Å². The highest BCUT2D eigenvalue weighted by Crippen LogP contribution is 2.48. The van der Waals surface area contributed by atoms with E-state index in [1.165, 1.54) is 6.92 Å². The molecule has 1 fully saturated rings. The van der Waals surface area contributed by atoms with Gasteiger partial charge in [0.1, 0.15) is 17.6 Å². The number of hydrogen-bond acceptors (Lipinski definition) is 7. The summed E-state index contributed by atoms with van der Waals surface area (Å²) < 4.78 is 83.5. The number of nitrogens with two attached hydrogens (primary N) is 2. The molecule has 2 amide bonds. The van der Waals surface area contributed by atoms with E-state index in [-0.39, 0.29) is 41.2 Å². The van der Waals surface area contributed by atoms with Gasteiger partial charge in [-0.2, -0.15) is 0 Å². The Bertz CT molecular complexity index is 1380. The first kappa shape index (κ1) is 27.9. The molecule has 16 heteroatoms. The fourth-order valence-corrected chi connectivity index (χ4v) is 5.09. The monoisotopic (exact) mass is 559 g/mol. The van der Waals surface area contributed by atoms with Gasteiger partial charge in [0.05, 0.1) is 29.0 Å². The third-order valence-corrected chi connectivity index (χ3v) is 6.74. The van der Waals surface area contributed by atoms with Crippen LogP contribution in [0.1, 0.15) is 57.1 Å². The zero-order chi connectivity index (χ0) is 28.9. The number of fused-ring (bicyclic) bond motifs is 1. The third-order valence-electron chi connectivity index (χ3n) is 6.74. The summed E-state index contributed by atoms with van der Waals surface area (Å²) in [7, 11) is 0. The van der Waals surface area contributed by atoms with Crippen molar-refractivity contribution in [1.82, 2.24) is 20.3 Å². The molecule has 10 nitrogen and oxygen atoms in total. The van der Waals surface area contributed by atoms with Crippen LogP contribution in [0.3, 0.4) is 0 Å². The van der Waals surface area contributed by atoms with Crippen molar-refractivity contribution in [2.45, 2.75) is 56.8 Å². The average molecular weight is 559 g/mol. The summed E-state index contributed by atoms with van der Waals surface area (Å²) in [6.45, 7) is 0.893. The molecule has 4 rings (SSSR count). The topological polar surface area (TPSA) is 157 Å². The molecule has 39 heavy (non-hydrogen) atoms. The Hall–Kier alpha value is -4.08. The number of ketones is 1. The largest absolute Gasteiger partial charge is 0.403 e. The lowest BCUT2D eigenvalue weighted by atomic mass is 9.71. The second-order valence-electron chi connectivity index (χ2n) is 9.32. The van der Waals surface area contributed by atoms with E-state index in [9.17, 15) is 40.7 Å². The maximum Gasteiger partial charge on any atom is 0.293 e. The van der Waals surface area contributed by atoms with E-state index in [1.54, 1.807) is 0 Å². The molecule has 0 unspecified atom stereocenters. The molecule has 1 atom stereocenters. The lowest BCUT2D eigenvalue weighted by molar-refractivity contribution is -0.138. The second-order valence-corrected chi connectivity index (χ2v) is 9.32. The summed E-state index contributed by atoms with van der Waals surface area (Å²) in [6, 6.07) is 0.932. The number of Topliss-reactive ketones (excluding diaryl/α,β-unsaturated/α-hetero) is 1. The number of nitrogens with one attached hydrogen (secondary N) is 3. The van der Waals surface area contributed by atoms with Gasteiger partial charge < -0.3 is 26.4 Å². The highest BCUT2D eigenvalue weighted by atomic mass is 19.3. The van der Waals surface area contributed by atoms with Crippen LogP contribution in [0.2, 0.25) is 0 Å². The molecule has 0 saturated heterocycles. The minimum Gasteiger partial charge on any atom is -0.403 e. The van der Waals surface area contributed by atoms with Crippen LogP contribution in [0.4, 0.5) is 32.0 Å². The number of halogens is 6. The maximum absolute atomic E-state index is 14.4. The summed E-state index contributed by atoms with van der Waals surface area (Å²) in [4.78, 5) is 42.6. The zero-order valence-electron chi connectivity index (χ0n) is 20.3. The highest BCUT2D eigenvalue weighted by molar-refractivity contribution is 6.44. The Morgan fingerprint density at radius 3 is 2.49 bits per heavy atom. The molecule has 0 aromatic carbocycles. The lowest BCUT2D eigenvalue weighted by Crippen LogP contribution is -2.66. The Morgan fingerprint density at radius 1 is 1.26 bits per heavy atom. The molecule has 7 N–H and O–H groups in total. The number of pyridine rings is 1. The van der Waals surface area contributed by atoms with Crippen LogP contribution >= 0.6 is 0 Å². The maximum atomic E-state index is 14.4. The SMILES string of the molecule is Cc1c(C(=O)C(=O)NC2(/C(=C/N)NN)CC(F)(F)C2)c2n(c1C(=O)Nc1ccnc(C(F)F)c1F)C[C@H](F)C2. The van der Waals surface area contributed by atoms with Crippen LogP contribution < -0.4 is 27.6 Å². The quantitative estimate of drug-likeness (QED) is 0.109. The van der Waals surface area contributed by atoms with Crippen molar-refractivity contribution in [2.75, 3.05) is 5.32 Å². The van der Waals surface area contributed by atoms with E-state index in [0.29, 0.717) is 0 Å². The molecule has 210 valence electrons. The first-order valence-corrected chi connectivity index (χ1v) is 11.5. The number of anilines is 1. The van der Waals surface area contributed by atoms with E-state index in [2.05, 4.69) is 21.0 Å². The van der Waals surface area contributed by atoms with Crippen molar-refractivity contribution in [3.8, 4) is 0 Å². The summed E-state index contributed by atoms with van der Waals surface area (Å²) in [5.41, 5.74) is 3.01. The van der Waals surface area contributed by atoms with Crippen molar-refractivity contribution in [1.29, 1.82) is 0 Å². The Kier molecular flexibility index (Phi) is 7.10. The lowest BCUT2D eigenvalue weighted by Gasteiger charge is -2.48. The Morgan fingerprint density at radius 2 is 1.92 bits per heavy atom. The van der Waals surface area contributed by atoms with Crippen LogP contribution in [0, 0.1) is 12.7 Å². The first-order valence-electron chi connectivity index (χ1n) is 11.5. The van der Waals surface area contributed by atoms with E-state index in [0.717, 1.165) is 23.0 Å². The summed E-state index contributed by atoms with van der Waals surface area (Å²) in [5, 5.41) is 4.34. The highest BCUT2D eigenvalue weighted by Gasteiger charge is 2.60. The van der Waals surface area contributed by atoms with E-state index < -0.39 is 71.7 Å². The van der Waals surface area contributed by atoms with Gasteiger partial charge in [-0.15, -0.1) is 0 Å². The van der Waals surface area contributed by atoms with Crippen LogP contribution in [0.5, 0.6) is 0 Å². The van der Waals surface area contributed by atoms with Gasteiger partial charge in [0.25, 0.3) is 29.9 Å². The minimum atomic E-state index is -3.26. The Balaban J connectivity index is 1.67. The van der Waals surface area contributed by atoms with Crippen molar-refractivity contribution in [2.24, 2.45) is 11.6 Å². The number of carbonyl (C=O) groups excluding carboxylic acids is 3. The normalized spacial score (nSPS) is 19.3. The second kappa shape index (κ2) is 9.91. The van der Waals surface area contributed by atoms with Gasteiger partial charge in [0.15, 0.2) is 5.82 Å². The third kappa shape index (κ3) is 4.79. The molecule has 2 aromatic heterocycles. The molecule has 1 saturated carbocycles. The molecule has 2 aromatic rings. The first-order chi connectivity index (χ1) is 18.2. The van der Waals surface area contributed by atoms with Gasteiger partial charge in [-0.25, -0.2) is 26.3 Å². The van der Waals surface area contributed by atoms with Crippen LogP contribution in [0.25, 0.3) is 0 Å². The number of aromatic nitrogens is 2. The number of hydrazine groups is 1. The standard InChI is InChI=1S/C23H23F6N7O3/c1-9-14(18(37)21(39)34-22(13(5-30)35-31)7-23(28,29)8-22)12-4-10(24)6-36(12)17(9)20(38)33-11-2-3-32-16(15(11)25)19(26)27/h2-3,5,10,19,35H,4,6-8,30-31H2,1H3,(H,34,39)(H,32,33,38)/b13-5-/t10-/m1/s1. The Labute approximate surface area is 216 Å². The van der Waals surface area contributed by atoms with Crippen LogP contribution in [-0.4, -0.2) is 44.8 Å². The van der Waals surface area contributed by atoms with E-state index in [1.807, 2.05) is 0 Å². The zero-order valence-corrected chi connectivity index (χ0v) is 20.3. The van der Waals surface area contributed by atoms with Gasteiger partial charge in [0, 0.05) is 37.4 Å². The van der Waals surface area contributed by atoms with Gasteiger partial charge in [-0.1, -0.05) is 0 Å². The summed E-state index contributed by atoms with van der Waals surface area (Å²) >= 11 is 0. The van der Waals surface area contributed by atoms with E-state index >= 15 is 0 Å². The molecule has 0 radical (unpaired) electrons. The minimum absolute atomic E-state index is 0.0201. The molecular weight excluding hydrogens is 536 g/mol. The number of hydrogen-bond donors (Lipinski definition) is 5. The number of nitrogens with zero attached hydrogens (tertiary/aromatic N) is 2. The molecule has 1 aliphatic heterocycles. The summed E-state index contributed by atoms with van der Waals surface area (Å²) in [6.07, 6.45) is -5.26. The molecule has 0 spiro atoms. The molecular formula is C23H23F6N7O3. The fraction of sp³-hybridized carbons (Fsp3) is 0.391. The van der Waals surface area contributed by atoms with Crippen molar-refractivity contribution < 1.29 is 40.7 Å². The van der Waals surface area contributed by atoms with Gasteiger partial charge in [-0.3, -0.25) is 25.2 Å². The van der Waals surface area contributed by atoms with Gasteiger partial charge in [-0.05, 0) is 18.6 Å². The summed E-state index contributed by atoms with van der Waals surface area (Å²) in [5.74, 6) is -2.97. The van der Waals surface area contributed by atoms with Gasteiger partial charge >= 0.3 is 0 Å². The molecule has 3 heterocycles. The number of carbonyl (C=O) groups is 3. The smallest absolute Gasteiger partial charge is 0.293 e. The number of rotatable bonds is 8. The van der Waals surface area contributed by atoms with Gasteiger partial charge in [0.2, 0.25) is 0 Å². The molecule has 2 aliphatic rings. The van der Waals surface area contributed by atoms with Crippen LogP contribution in [-0.2, 0) is 17.8 Å². The molecule has 0 bridgehead atoms. The predicted octanol–water partition coefficient (Wildman–Crippen LogP) is 2.14. The average Bonchev–Trinajstić information content (AvgIpc) is 3.31. The molecule has 1 aliphatic carbocycles. The van der Waals surface area contributed by atoms with Crippen LogP contribution in [0.15, 0.2) is 24.2 Å². The van der Waals surface area contributed by atoms with Crippen molar-refractivity contribution in [3.63, 3.8) is 0 Å². The number of alkyl halides is 5. The van der Waals surface area contributed by atoms with E-state index in [4.69, 9.17) is 11.6 Å². The number of amides is 2. The fourth-order valence-electron chi connectivity index (χ4n) is 5.09. The van der Waals surface area contributed by atoms with Crippen molar-refractivity contribution >= 4 is 23.3 Å². The predicted molar refractivity (Wildman–Crippen MR) is 124 cm³/mol.